The van der Waals surface area contributed by atoms with Crippen molar-refractivity contribution in [2.24, 2.45) is 5.41 Å². The monoisotopic (exact) mass is 184 g/mol. The summed E-state index contributed by atoms with van der Waals surface area (Å²) in [6.07, 6.45) is 1.54. The summed E-state index contributed by atoms with van der Waals surface area (Å²) in [6, 6.07) is 0. The molecule has 0 aliphatic heterocycles. The second kappa shape index (κ2) is 4.80. The molecule has 0 amide bonds. The lowest BCUT2D eigenvalue weighted by Gasteiger charge is -2.33. The molecule has 2 unspecified atom stereocenters. The van der Waals surface area contributed by atoms with Gasteiger partial charge in [0, 0.05) is 0 Å². The van der Waals surface area contributed by atoms with Gasteiger partial charge in [0.1, 0.15) is 0 Å². The predicted octanol–water partition coefficient (Wildman–Crippen LogP) is 3.79. The molecule has 0 aliphatic carbocycles. The average molecular weight is 184 g/mol. The van der Waals surface area contributed by atoms with Gasteiger partial charge in [0.15, 0.2) is 0 Å². The summed E-state index contributed by atoms with van der Waals surface area (Å²) in [4.78, 5) is 0. The number of rotatable bonds is 4. The van der Waals surface area contributed by atoms with Gasteiger partial charge in [-0.25, -0.2) is 0 Å². The minimum absolute atomic E-state index is 0.148. The van der Waals surface area contributed by atoms with E-state index in [4.69, 9.17) is 4.74 Å². The molecule has 78 valence electrons. The molecule has 2 atom stereocenters. The molecule has 0 N–H and O–H groups in total. The highest BCUT2D eigenvalue weighted by atomic mass is 16.5. The van der Waals surface area contributed by atoms with E-state index in [9.17, 15) is 0 Å². The van der Waals surface area contributed by atoms with Crippen molar-refractivity contribution in [1.29, 1.82) is 0 Å². The van der Waals surface area contributed by atoms with E-state index in [2.05, 4.69) is 41.2 Å². The Balaban J connectivity index is 4.37. The predicted molar refractivity (Wildman–Crippen MR) is 58.9 cm³/mol. The zero-order chi connectivity index (χ0) is 10.6. The molecule has 0 bridgehead atoms. The highest BCUT2D eigenvalue weighted by Crippen LogP contribution is 2.28. The van der Waals surface area contributed by atoms with E-state index < -0.39 is 0 Å². The number of hydrogen-bond acceptors (Lipinski definition) is 1. The van der Waals surface area contributed by atoms with Crippen molar-refractivity contribution in [2.75, 3.05) is 0 Å². The van der Waals surface area contributed by atoms with Crippen LogP contribution in [0.3, 0.4) is 0 Å². The molecule has 0 spiro atoms. The maximum atomic E-state index is 5.93. The molecule has 0 aromatic carbocycles. The van der Waals surface area contributed by atoms with Crippen LogP contribution in [0, 0.1) is 5.41 Å². The maximum absolute atomic E-state index is 5.93. The second-order valence-corrected chi connectivity index (χ2v) is 4.95. The van der Waals surface area contributed by atoms with E-state index in [1.165, 1.54) is 0 Å². The smallest absolute Gasteiger partial charge is 0.0831 e. The van der Waals surface area contributed by atoms with E-state index >= 15 is 0 Å². The van der Waals surface area contributed by atoms with Crippen LogP contribution < -0.4 is 0 Å². The molecule has 0 aromatic rings. The zero-order valence-corrected chi connectivity index (χ0v) is 9.98. The van der Waals surface area contributed by atoms with Crippen LogP contribution in [0.1, 0.15) is 48.0 Å². The topological polar surface area (TPSA) is 9.23 Å². The summed E-state index contributed by atoms with van der Waals surface area (Å²) in [5, 5.41) is 0. The Bertz CT molecular complexity index is 164. The summed E-state index contributed by atoms with van der Waals surface area (Å²) in [5.74, 6) is 0. The SMILES string of the molecule is C=C(C)C(OC(C)CC)C(C)(C)C. The van der Waals surface area contributed by atoms with Crippen LogP contribution >= 0.6 is 0 Å². The third-order valence-electron chi connectivity index (χ3n) is 2.18. The first-order chi connectivity index (χ1) is 5.79. The van der Waals surface area contributed by atoms with Crippen LogP contribution in [0.5, 0.6) is 0 Å². The molecular weight excluding hydrogens is 160 g/mol. The lowest BCUT2D eigenvalue weighted by Crippen LogP contribution is -2.33. The zero-order valence-electron chi connectivity index (χ0n) is 9.98. The summed E-state index contributed by atoms with van der Waals surface area (Å²) < 4.78 is 5.93. The van der Waals surface area contributed by atoms with E-state index in [-0.39, 0.29) is 11.5 Å². The molecular formula is C12H24O. The van der Waals surface area contributed by atoms with E-state index in [1.807, 2.05) is 6.92 Å². The summed E-state index contributed by atoms with van der Waals surface area (Å²) in [5.41, 5.74) is 1.27. The van der Waals surface area contributed by atoms with Crippen LogP contribution in [0.2, 0.25) is 0 Å². The van der Waals surface area contributed by atoms with Crippen molar-refractivity contribution in [1.82, 2.24) is 0 Å². The van der Waals surface area contributed by atoms with Crippen LogP contribution in [0.25, 0.3) is 0 Å². The van der Waals surface area contributed by atoms with Gasteiger partial charge in [-0.3, -0.25) is 0 Å². The van der Waals surface area contributed by atoms with Gasteiger partial charge >= 0.3 is 0 Å². The summed E-state index contributed by atoms with van der Waals surface area (Å²) >= 11 is 0. The molecule has 1 heteroatoms. The fraction of sp³-hybridized carbons (Fsp3) is 0.833. The molecule has 0 saturated heterocycles. The lowest BCUT2D eigenvalue weighted by molar-refractivity contribution is -0.0380. The molecule has 0 heterocycles. The van der Waals surface area contributed by atoms with Crippen LogP contribution in [-0.4, -0.2) is 12.2 Å². The van der Waals surface area contributed by atoms with Crippen LogP contribution in [-0.2, 0) is 4.74 Å². The largest absolute Gasteiger partial charge is 0.370 e. The van der Waals surface area contributed by atoms with Crippen molar-refractivity contribution in [3.8, 4) is 0 Å². The van der Waals surface area contributed by atoms with Crippen molar-refractivity contribution in [2.45, 2.75) is 60.2 Å². The molecule has 13 heavy (non-hydrogen) atoms. The van der Waals surface area contributed by atoms with E-state index in [0.29, 0.717) is 6.10 Å². The van der Waals surface area contributed by atoms with Crippen molar-refractivity contribution < 1.29 is 4.74 Å². The Labute approximate surface area is 83.2 Å². The fourth-order valence-corrected chi connectivity index (χ4v) is 1.39. The van der Waals surface area contributed by atoms with Crippen LogP contribution in [0.4, 0.5) is 0 Å². The standard InChI is InChI=1S/C12H24O/c1-8-10(4)13-11(9(2)3)12(5,6)7/h10-11H,2,8H2,1,3-7H3. The molecule has 0 saturated carbocycles. The Kier molecular flexibility index (Phi) is 4.69. The Morgan fingerprint density at radius 2 is 1.85 bits per heavy atom. The van der Waals surface area contributed by atoms with Gasteiger partial charge in [0.2, 0.25) is 0 Å². The highest BCUT2D eigenvalue weighted by molar-refractivity contribution is 5.03. The first-order valence-electron chi connectivity index (χ1n) is 5.10. The fourth-order valence-electron chi connectivity index (χ4n) is 1.39. The first kappa shape index (κ1) is 12.7. The van der Waals surface area contributed by atoms with Crippen LogP contribution in [0.15, 0.2) is 12.2 Å². The third-order valence-corrected chi connectivity index (χ3v) is 2.18. The van der Waals surface area contributed by atoms with Gasteiger partial charge in [-0.15, -0.1) is 0 Å². The normalized spacial score (nSPS) is 16.8. The molecule has 0 aliphatic rings. The summed E-state index contributed by atoms with van der Waals surface area (Å²) in [6.45, 7) is 16.8. The Morgan fingerprint density at radius 1 is 1.38 bits per heavy atom. The highest BCUT2D eigenvalue weighted by Gasteiger charge is 2.27. The molecule has 0 fully saturated rings. The third kappa shape index (κ3) is 4.47. The van der Waals surface area contributed by atoms with E-state index in [0.717, 1.165) is 12.0 Å². The van der Waals surface area contributed by atoms with Gasteiger partial charge < -0.3 is 4.74 Å². The van der Waals surface area contributed by atoms with Gasteiger partial charge in [0.05, 0.1) is 12.2 Å². The molecule has 0 aromatic heterocycles. The minimum Gasteiger partial charge on any atom is -0.370 e. The van der Waals surface area contributed by atoms with Gasteiger partial charge in [-0.1, -0.05) is 39.8 Å². The number of hydrogen-bond donors (Lipinski definition) is 0. The Morgan fingerprint density at radius 3 is 2.08 bits per heavy atom. The first-order valence-corrected chi connectivity index (χ1v) is 5.10. The van der Waals surface area contributed by atoms with Crippen molar-refractivity contribution in [3.05, 3.63) is 12.2 Å². The molecule has 0 radical (unpaired) electrons. The molecule has 1 nitrogen and oxygen atoms in total. The Hall–Kier alpha value is -0.300. The maximum Gasteiger partial charge on any atom is 0.0831 e. The van der Waals surface area contributed by atoms with Crippen molar-refractivity contribution >= 4 is 0 Å². The second-order valence-electron chi connectivity index (χ2n) is 4.95. The van der Waals surface area contributed by atoms with Gasteiger partial charge in [-0.05, 0) is 25.7 Å². The molecule has 0 rings (SSSR count). The van der Waals surface area contributed by atoms with Gasteiger partial charge in [0.25, 0.3) is 0 Å². The average Bonchev–Trinajstić information content (AvgIpc) is 1.96. The minimum atomic E-state index is 0.148. The quantitative estimate of drug-likeness (QED) is 0.604. The van der Waals surface area contributed by atoms with Gasteiger partial charge in [-0.2, -0.15) is 0 Å². The van der Waals surface area contributed by atoms with Crippen molar-refractivity contribution in [3.63, 3.8) is 0 Å². The summed E-state index contributed by atoms with van der Waals surface area (Å²) in [7, 11) is 0. The van der Waals surface area contributed by atoms with E-state index in [1.54, 1.807) is 0 Å². The number of ether oxygens (including phenoxy) is 1. The lowest BCUT2D eigenvalue weighted by atomic mass is 9.85.